The average molecular weight is 416 g/mol. The summed E-state index contributed by atoms with van der Waals surface area (Å²) in [6.07, 6.45) is 8.26. The molecule has 4 aliphatic carbocycles. The Kier molecular flexibility index (Phi) is 4.26. The molecule has 4 bridgehead atoms. The summed E-state index contributed by atoms with van der Waals surface area (Å²) in [5.41, 5.74) is 4.94. The number of nitrogens with one attached hydrogen (secondary N) is 1. The van der Waals surface area contributed by atoms with E-state index in [1.165, 1.54) is 44.2 Å². The van der Waals surface area contributed by atoms with Crippen molar-refractivity contribution in [2.75, 3.05) is 0 Å². The Hall–Kier alpha value is -2.66. The van der Waals surface area contributed by atoms with Crippen molar-refractivity contribution < 1.29 is 4.92 Å². The van der Waals surface area contributed by atoms with Crippen LogP contribution in [0.1, 0.15) is 44.2 Å². The molecule has 0 aliphatic heterocycles. The van der Waals surface area contributed by atoms with Crippen molar-refractivity contribution >= 4 is 16.6 Å². The fourth-order valence-corrected chi connectivity index (χ4v) is 7.33. The summed E-state index contributed by atoms with van der Waals surface area (Å²) in [7, 11) is 2.09. The predicted molar refractivity (Wildman–Crippen MR) is 123 cm³/mol. The number of aryl methyl sites for hydroxylation is 1. The van der Waals surface area contributed by atoms with Crippen LogP contribution in [0.4, 0.5) is 5.69 Å². The Labute approximate surface area is 182 Å². The molecule has 31 heavy (non-hydrogen) atoms. The summed E-state index contributed by atoms with van der Waals surface area (Å²) in [6.45, 7) is 0.801. The maximum atomic E-state index is 11.5. The van der Waals surface area contributed by atoms with E-state index < -0.39 is 0 Å². The lowest BCUT2D eigenvalue weighted by molar-refractivity contribution is -0.384. The molecule has 1 N–H and O–H groups in total. The molecular weight excluding hydrogens is 386 g/mol. The molecule has 0 atom stereocenters. The minimum atomic E-state index is -0.297. The Morgan fingerprint density at radius 1 is 1.03 bits per heavy atom. The number of non-ortho nitro benzene ring substituents is 1. The molecule has 3 aromatic rings. The predicted octanol–water partition coefficient (Wildman–Crippen LogP) is 5.81. The molecule has 0 saturated heterocycles. The van der Waals surface area contributed by atoms with Crippen LogP contribution in [0, 0.1) is 27.9 Å². The van der Waals surface area contributed by atoms with Gasteiger partial charge in [0.2, 0.25) is 0 Å². The van der Waals surface area contributed by atoms with E-state index in [0.717, 1.165) is 46.3 Å². The molecule has 2 aromatic carbocycles. The Balaban J connectivity index is 1.42. The molecule has 5 heteroatoms. The van der Waals surface area contributed by atoms with Gasteiger partial charge in [-0.2, -0.15) is 0 Å². The third-order valence-electron chi connectivity index (χ3n) is 8.25. The van der Waals surface area contributed by atoms with Crippen LogP contribution in [0.2, 0.25) is 0 Å². The van der Waals surface area contributed by atoms with Crippen LogP contribution in [0.15, 0.2) is 48.5 Å². The molecule has 1 aromatic heterocycles. The van der Waals surface area contributed by atoms with E-state index in [2.05, 4.69) is 29.1 Å². The highest BCUT2D eigenvalue weighted by atomic mass is 16.6. The van der Waals surface area contributed by atoms with Gasteiger partial charge in [0.1, 0.15) is 0 Å². The average Bonchev–Trinajstić information content (AvgIpc) is 3.03. The van der Waals surface area contributed by atoms with Crippen LogP contribution in [-0.4, -0.2) is 15.0 Å². The van der Waals surface area contributed by atoms with Gasteiger partial charge in [-0.1, -0.05) is 30.3 Å². The largest absolute Gasteiger partial charge is 0.346 e. The zero-order valence-corrected chi connectivity index (χ0v) is 18.0. The van der Waals surface area contributed by atoms with Crippen LogP contribution in [-0.2, 0) is 13.6 Å². The van der Waals surface area contributed by atoms with Crippen molar-refractivity contribution in [2.45, 2.75) is 50.6 Å². The standard InChI is InChI=1S/C26H29N3O2/c1-28-23-8-7-21(29(30)31)12-22(23)25(20-5-3-2-4-6-20)24(28)16-27-26-13-17-9-18(14-26)11-19(10-17)15-26/h2-8,12,17-19,27H,9-11,13-16H2,1H3. The van der Waals surface area contributed by atoms with Gasteiger partial charge in [-0.05, 0) is 67.9 Å². The van der Waals surface area contributed by atoms with Crippen LogP contribution in [0.3, 0.4) is 0 Å². The highest BCUT2D eigenvalue weighted by Crippen LogP contribution is 2.55. The van der Waals surface area contributed by atoms with E-state index in [1.54, 1.807) is 12.1 Å². The smallest absolute Gasteiger partial charge is 0.270 e. The topological polar surface area (TPSA) is 60.1 Å². The van der Waals surface area contributed by atoms with Crippen molar-refractivity contribution in [1.82, 2.24) is 9.88 Å². The number of fused-ring (bicyclic) bond motifs is 1. The zero-order chi connectivity index (χ0) is 21.2. The number of aromatic nitrogens is 1. The summed E-state index contributed by atoms with van der Waals surface area (Å²) in [5.74, 6) is 2.72. The van der Waals surface area contributed by atoms with Crippen LogP contribution >= 0.6 is 0 Å². The zero-order valence-electron chi connectivity index (χ0n) is 18.0. The van der Waals surface area contributed by atoms with Gasteiger partial charge < -0.3 is 9.88 Å². The number of nitro groups is 1. The molecule has 1 heterocycles. The number of rotatable bonds is 5. The molecule has 5 nitrogen and oxygen atoms in total. The van der Waals surface area contributed by atoms with Gasteiger partial charge in [-0.15, -0.1) is 0 Å². The summed E-state index contributed by atoms with van der Waals surface area (Å²) < 4.78 is 2.23. The van der Waals surface area contributed by atoms with Crippen LogP contribution in [0.5, 0.6) is 0 Å². The Morgan fingerprint density at radius 3 is 2.29 bits per heavy atom. The summed E-state index contributed by atoms with van der Waals surface area (Å²) >= 11 is 0. The van der Waals surface area contributed by atoms with Crippen LogP contribution in [0.25, 0.3) is 22.0 Å². The molecule has 4 saturated carbocycles. The lowest BCUT2D eigenvalue weighted by atomic mass is 9.53. The van der Waals surface area contributed by atoms with E-state index >= 15 is 0 Å². The number of hydrogen-bond donors (Lipinski definition) is 1. The maximum absolute atomic E-state index is 11.5. The van der Waals surface area contributed by atoms with E-state index in [-0.39, 0.29) is 16.1 Å². The van der Waals surface area contributed by atoms with Gasteiger partial charge in [0.05, 0.1) is 4.92 Å². The fourth-order valence-electron chi connectivity index (χ4n) is 7.33. The quantitative estimate of drug-likeness (QED) is 0.422. The molecule has 160 valence electrons. The molecule has 0 amide bonds. The van der Waals surface area contributed by atoms with Gasteiger partial charge >= 0.3 is 0 Å². The second-order valence-electron chi connectivity index (χ2n) is 10.3. The lowest BCUT2D eigenvalue weighted by Crippen LogP contribution is -2.58. The number of nitro benzene ring substituents is 1. The SMILES string of the molecule is Cn1c(CNC23CC4CC(CC(C4)C2)C3)c(-c2ccccc2)c2cc([N+](=O)[O-])ccc21. The summed E-state index contributed by atoms with van der Waals surface area (Å²) in [5, 5.41) is 16.5. The first-order chi connectivity index (χ1) is 15.0. The normalized spacial score (nSPS) is 29.0. The molecule has 0 radical (unpaired) electrons. The van der Waals surface area contributed by atoms with Crippen molar-refractivity contribution in [3.05, 3.63) is 64.3 Å². The minimum Gasteiger partial charge on any atom is -0.346 e. The molecular formula is C26H29N3O2. The van der Waals surface area contributed by atoms with E-state index in [1.807, 2.05) is 24.3 Å². The van der Waals surface area contributed by atoms with Crippen LogP contribution < -0.4 is 5.32 Å². The highest BCUT2D eigenvalue weighted by Gasteiger charge is 2.50. The fraction of sp³-hybridized carbons (Fsp3) is 0.462. The first-order valence-corrected chi connectivity index (χ1v) is 11.6. The van der Waals surface area contributed by atoms with Crippen molar-refractivity contribution in [3.8, 4) is 11.1 Å². The van der Waals surface area contributed by atoms with Crippen molar-refractivity contribution in [2.24, 2.45) is 24.8 Å². The number of benzene rings is 2. The van der Waals surface area contributed by atoms with Gasteiger partial charge in [0, 0.05) is 53.4 Å². The Morgan fingerprint density at radius 2 is 1.68 bits per heavy atom. The summed E-state index contributed by atoms with van der Waals surface area (Å²) in [6, 6.07) is 15.6. The molecule has 7 rings (SSSR count). The minimum absolute atomic E-state index is 0.149. The van der Waals surface area contributed by atoms with E-state index in [4.69, 9.17) is 0 Å². The van der Waals surface area contributed by atoms with Crippen molar-refractivity contribution in [3.63, 3.8) is 0 Å². The first-order valence-electron chi connectivity index (χ1n) is 11.6. The number of nitrogens with zero attached hydrogens (tertiary/aromatic N) is 2. The lowest BCUT2D eigenvalue weighted by Gasteiger charge is -2.57. The van der Waals surface area contributed by atoms with Crippen molar-refractivity contribution in [1.29, 1.82) is 0 Å². The molecule has 4 fully saturated rings. The van der Waals surface area contributed by atoms with E-state index in [0.29, 0.717) is 0 Å². The maximum Gasteiger partial charge on any atom is 0.270 e. The second-order valence-corrected chi connectivity index (χ2v) is 10.3. The molecule has 4 aliphatic rings. The van der Waals surface area contributed by atoms with E-state index in [9.17, 15) is 10.1 Å². The van der Waals surface area contributed by atoms with Gasteiger partial charge in [0.25, 0.3) is 5.69 Å². The third kappa shape index (κ3) is 3.09. The van der Waals surface area contributed by atoms with Gasteiger partial charge in [0.15, 0.2) is 0 Å². The first kappa shape index (κ1) is 19.1. The van der Waals surface area contributed by atoms with Gasteiger partial charge in [-0.3, -0.25) is 10.1 Å². The number of hydrogen-bond acceptors (Lipinski definition) is 3. The third-order valence-corrected chi connectivity index (χ3v) is 8.25. The molecule has 0 unspecified atom stereocenters. The highest BCUT2D eigenvalue weighted by molar-refractivity contribution is 5.99. The van der Waals surface area contributed by atoms with Gasteiger partial charge in [-0.25, -0.2) is 0 Å². The summed E-state index contributed by atoms with van der Waals surface area (Å²) in [4.78, 5) is 11.2. The molecule has 0 spiro atoms. The Bertz CT molecular complexity index is 1130. The monoisotopic (exact) mass is 415 g/mol. The second kappa shape index (κ2) is 6.92.